The van der Waals surface area contributed by atoms with E-state index in [1.807, 2.05) is 72.8 Å². The fourth-order valence-electron chi connectivity index (χ4n) is 3.31. The molecule has 0 heterocycles. The fraction of sp³-hybridized carbons (Fsp3) is 0. The number of nitrogens with two attached hydrogens (primary N) is 4. The number of nitrogen functional groups attached to an aromatic ring is 4. The number of ether oxygens (including phenoxy) is 1. The summed E-state index contributed by atoms with van der Waals surface area (Å²) in [6.45, 7) is 0. The molecule has 8 N–H and O–H groups in total. The van der Waals surface area contributed by atoms with E-state index in [9.17, 15) is 0 Å². The highest BCUT2D eigenvalue weighted by molar-refractivity contribution is 5.83. The van der Waals surface area contributed by atoms with Crippen molar-refractivity contribution in [2.24, 2.45) is 0 Å². The molecule has 5 heteroatoms. The largest absolute Gasteiger partial charge is 0.452 e. The lowest BCUT2D eigenvalue weighted by molar-refractivity contribution is 0.491. The summed E-state index contributed by atoms with van der Waals surface area (Å²) >= 11 is 0. The average Bonchev–Trinajstić information content (AvgIpc) is 2.70. The molecule has 0 fully saturated rings. The maximum atomic E-state index is 6.36. The van der Waals surface area contributed by atoms with Crippen molar-refractivity contribution in [1.29, 1.82) is 0 Å². The van der Waals surface area contributed by atoms with Gasteiger partial charge in [-0.2, -0.15) is 0 Å². The van der Waals surface area contributed by atoms with Crippen LogP contribution in [0.25, 0.3) is 22.3 Å². The van der Waals surface area contributed by atoms with Crippen LogP contribution in [-0.4, -0.2) is 0 Å². The number of anilines is 4. The second kappa shape index (κ2) is 7.48. The monoisotopic (exact) mass is 382 g/mol. The molecule has 29 heavy (non-hydrogen) atoms. The predicted molar refractivity (Wildman–Crippen MR) is 121 cm³/mol. The van der Waals surface area contributed by atoms with Gasteiger partial charge in [-0.3, -0.25) is 0 Å². The van der Waals surface area contributed by atoms with Gasteiger partial charge in [0.25, 0.3) is 0 Å². The van der Waals surface area contributed by atoms with Crippen LogP contribution in [0.15, 0.2) is 84.9 Å². The number of benzene rings is 4. The second-order valence-electron chi connectivity index (χ2n) is 6.80. The highest BCUT2D eigenvalue weighted by Crippen LogP contribution is 2.44. The van der Waals surface area contributed by atoms with Crippen molar-refractivity contribution >= 4 is 22.7 Å². The van der Waals surface area contributed by atoms with Crippen LogP contribution in [-0.2, 0) is 0 Å². The van der Waals surface area contributed by atoms with E-state index >= 15 is 0 Å². The van der Waals surface area contributed by atoms with Crippen molar-refractivity contribution in [3.05, 3.63) is 84.9 Å². The van der Waals surface area contributed by atoms with E-state index in [0.717, 1.165) is 22.3 Å². The number of para-hydroxylation sites is 2. The third-order valence-electron chi connectivity index (χ3n) is 4.69. The molecule has 4 rings (SSSR count). The van der Waals surface area contributed by atoms with Crippen LogP contribution in [0, 0.1) is 0 Å². The van der Waals surface area contributed by atoms with Crippen LogP contribution in [0.3, 0.4) is 0 Å². The molecule has 0 aromatic heterocycles. The van der Waals surface area contributed by atoms with E-state index < -0.39 is 0 Å². The minimum absolute atomic E-state index is 0.506. The lowest BCUT2D eigenvalue weighted by atomic mass is 10.0. The highest BCUT2D eigenvalue weighted by atomic mass is 16.5. The summed E-state index contributed by atoms with van der Waals surface area (Å²) in [4.78, 5) is 0. The van der Waals surface area contributed by atoms with Gasteiger partial charge in [0.2, 0.25) is 0 Å². The van der Waals surface area contributed by atoms with Gasteiger partial charge in [0.15, 0.2) is 11.5 Å². The van der Waals surface area contributed by atoms with Gasteiger partial charge in [-0.1, -0.05) is 48.5 Å². The average molecular weight is 382 g/mol. The molecule has 4 aromatic rings. The molecule has 0 amide bonds. The summed E-state index contributed by atoms with van der Waals surface area (Å²) in [6, 6.07) is 26.4. The first kappa shape index (κ1) is 18.3. The van der Waals surface area contributed by atoms with Crippen molar-refractivity contribution in [2.45, 2.75) is 0 Å². The van der Waals surface area contributed by atoms with E-state index in [4.69, 9.17) is 27.7 Å². The van der Waals surface area contributed by atoms with Crippen molar-refractivity contribution < 1.29 is 4.74 Å². The van der Waals surface area contributed by atoms with Crippen LogP contribution in [0.2, 0.25) is 0 Å². The summed E-state index contributed by atoms with van der Waals surface area (Å²) in [5, 5.41) is 0. The topological polar surface area (TPSA) is 113 Å². The zero-order valence-corrected chi connectivity index (χ0v) is 15.8. The summed E-state index contributed by atoms with van der Waals surface area (Å²) in [6.07, 6.45) is 0. The molecule has 4 aromatic carbocycles. The molecule has 5 nitrogen and oxygen atoms in total. The lowest BCUT2D eigenvalue weighted by Crippen LogP contribution is -1.99. The minimum atomic E-state index is 0.506. The quantitative estimate of drug-likeness (QED) is 0.365. The molecule has 0 aliphatic rings. The van der Waals surface area contributed by atoms with Crippen LogP contribution >= 0.6 is 0 Å². The zero-order chi connectivity index (χ0) is 20.4. The van der Waals surface area contributed by atoms with Crippen molar-refractivity contribution in [3.8, 4) is 33.8 Å². The van der Waals surface area contributed by atoms with E-state index in [1.54, 1.807) is 12.1 Å². The van der Waals surface area contributed by atoms with Crippen LogP contribution in [0.1, 0.15) is 0 Å². The van der Waals surface area contributed by atoms with Crippen molar-refractivity contribution in [2.75, 3.05) is 22.9 Å². The second-order valence-corrected chi connectivity index (χ2v) is 6.80. The first-order chi connectivity index (χ1) is 14.0. The summed E-state index contributed by atoms with van der Waals surface area (Å²) in [5.41, 5.74) is 30.3. The molecule has 0 aliphatic heterocycles. The Morgan fingerprint density at radius 2 is 0.897 bits per heavy atom. The van der Waals surface area contributed by atoms with Gasteiger partial charge in [-0.05, 0) is 47.5 Å². The summed E-state index contributed by atoms with van der Waals surface area (Å²) in [7, 11) is 0. The fourth-order valence-corrected chi connectivity index (χ4v) is 3.31. The van der Waals surface area contributed by atoms with Gasteiger partial charge < -0.3 is 27.7 Å². The molecule has 0 saturated carbocycles. The van der Waals surface area contributed by atoms with E-state index in [0.29, 0.717) is 34.2 Å². The van der Waals surface area contributed by atoms with Gasteiger partial charge in [-0.15, -0.1) is 0 Å². The number of hydrogen-bond acceptors (Lipinski definition) is 5. The molecule has 144 valence electrons. The van der Waals surface area contributed by atoms with Gasteiger partial charge in [0.05, 0.1) is 11.4 Å². The van der Waals surface area contributed by atoms with E-state index in [1.165, 1.54) is 0 Å². The third-order valence-corrected chi connectivity index (χ3v) is 4.69. The molecule has 0 saturated heterocycles. The normalized spacial score (nSPS) is 10.6. The predicted octanol–water partition coefficient (Wildman–Crippen LogP) is 5.14. The Balaban J connectivity index is 1.86. The van der Waals surface area contributed by atoms with Crippen molar-refractivity contribution in [1.82, 2.24) is 0 Å². The molecule has 0 bridgehead atoms. The van der Waals surface area contributed by atoms with Crippen LogP contribution in [0.4, 0.5) is 22.7 Å². The molecule has 0 radical (unpaired) electrons. The lowest BCUT2D eigenvalue weighted by Gasteiger charge is -2.18. The number of hydrogen-bond donors (Lipinski definition) is 4. The van der Waals surface area contributed by atoms with E-state index in [2.05, 4.69) is 0 Å². The van der Waals surface area contributed by atoms with Gasteiger partial charge >= 0.3 is 0 Å². The molecule has 0 spiro atoms. The van der Waals surface area contributed by atoms with Gasteiger partial charge in [-0.25, -0.2) is 0 Å². The maximum Gasteiger partial charge on any atom is 0.158 e. The Morgan fingerprint density at radius 3 is 1.31 bits per heavy atom. The Hall–Kier alpha value is -4.12. The summed E-state index contributed by atoms with van der Waals surface area (Å²) in [5.74, 6) is 1.06. The first-order valence-corrected chi connectivity index (χ1v) is 9.19. The SMILES string of the molecule is Nc1cccc(-c2cccc(N)c2Oc2c(N)cccc2-c2cccc(N)c2)c1. The van der Waals surface area contributed by atoms with Gasteiger partial charge in [0.1, 0.15) is 0 Å². The van der Waals surface area contributed by atoms with Crippen molar-refractivity contribution in [3.63, 3.8) is 0 Å². The Morgan fingerprint density at radius 1 is 0.483 bits per heavy atom. The Labute approximate surface area is 169 Å². The standard InChI is InChI=1S/C24H22N4O/c25-17-7-1-5-15(13-17)19-9-3-11-21(27)23(19)29-24-20(10-4-12-22(24)28)16-6-2-8-18(26)14-16/h1-14H,25-28H2. The molecule has 0 aliphatic carbocycles. The van der Waals surface area contributed by atoms with E-state index in [-0.39, 0.29) is 0 Å². The number of rotatable bonds is 4. The molecular formula is C24H22N4O. The smallest absolute Gasteiger partial charge is 0.158 e. The maximum absolute atomic E-state index is 6.36. The molecular weight excluding hydrogens is 360 g/mol. The molecule has 0 atom stereocenters. The van der Waals surface area contributed by atoms with Crippen LogP contribution in [0.5, 0.6) is 11.5 Å². The first-order valence-electron chi connectivity index (χ1n) is 9.19. The van der Waals surface area contributed by atoms with Gasteiger partial charge in [0, 0.05) is 22.5 Å². The third kappa shape index (κ3) is 3.66. The highest BCUT2D eigenvalue weighted by Gasteiger charge is 2.16. The van der Waals surface area contributed by atoms with Crippen LogP contribution < -0.4 is 27.7 Å². The Kier molecular flexibility index (Phi) is 4.71. The zero-order valence-electron chi connectivity index (χ0n) is 15.8. The summed E-state index contributed by atoms with van der Waals surface area (Å²) < 4.78 is 6.36. The minimum Gasteiger partial charge on any atom is -0.452 e. The molecule has 0 unspecified atom stereocenters. The Bertz CT molecular complexity index is 1090.